The number of ether oxygens (including phenoxy) is 1. The summed E-state index contributed by atoms with van der Waals surface area (Å²) in [6.07, 6.45) is 3.19. The molecule has 0 spiro atoms. The van der Waals surface area contributed by atoms with E-state index in [4.69, 9.17) is 16.3 Å². The molecule has 1 rings (SSSR count). The highest BCUT2D eigenvalue weighted by atomic mass is 35.5. The first kappa shape index (κ1) is 16.5. The normalized spacial score (nSPS) is 14.6. The van der Waals surface area contributed by atoms with Crippen LogP contribution in [0.1, 0.15) is 38.1 Å². The first-order valence-corrected chi connectivity index (χ1v) is 7.37. The van der Waals surface area contributed by atoms with Crippen LogP contribution >= 0.6 is 11.6 Å². The van der Waals surface area contributed by atoms with Gasteiger partial charge in [-0.05, 0) is 19.9 Å². The van der Waals surface area contributed by atoms with Gasteiger partial charge in [-0.1, -0.05) is 31.9 Å². The zero-order chi connectivity index (χ0) is 14.4. The Balaban J connectivity index is 2.88. The SMILES string of the molecule is CCCC(OC)C(Cc1c(Cl)c(C)nn1C)NCC. The molecule has 0 aliphatic heterocycles. The Morgan fingerprint density at radius 1 is 1.42 bits per heavy atom. The lowest BCUT2D eigenvalue weighted by atomic mass is 10.0. The lowest BCUT2D eigenvalue weighted by Gasteiger charge is -2.26. The number of nitrogens with zero attached hydrogens (tertiary/aromatic N) is 2. The van der Waals surface area contributed by atoms with Gasteiger partial charge in [0.05, 0.1) is 22.5 Å². The van der Waals surface area contributed by atoms with Crippen molar-refractivity contribution in [3.63, 3.8) is 0 Å². The second-order valence-corrected chi connectivity index (χ2v) is 5.28. The summed E-state index contributed by atoms with van der Waals surface area (Å²) in [5.74, 6) is 0. The summed E-state index contributed by atoms with van der Waals surface area (Å²) in [7, 11) is 3.72. The molecule has 0 aliphatic rings. The largest absolute Gasteiger partial charge is 0.380 e. The molecule has 2 atom stereocenters. The molecule has 0 saturated carbocycles. The Labute approximate surface area is 121 Å². The van der Waals surface area contributed by atoms with E-state index in [1.807, 2.05) is 18.7 Å². The monoisotopic (exact) mass is 287 g/mol. The van der Waals surface area contributed by atoms with Crippen molar-refractivity contribution in [1.82, 2.24) is 15.1 Å². The highest BCUT2D eigenvalue weighted by molar-refractivity contribution is 6.31. The van der Waals surface area contributed by atoms with E-state index in [0.29, 0.717) is 0 Å². The predicted octanol–water partition coefficient (Wildman–Crippen LogP) is 2.72. The number of halogens is 1. The highest BCUT2D eigenvalue weighted by Gasteiger charge is 2.23. The van der Waals surface area contributed by atoms with Crippen molar-refractivity contribution < 1.29 is 4.74 Å². The Bertz CT molecular complexity index is 392. The summed E-state index contributed by atoms with van der Waals surface area (Å²) in [5, 5.41) is 8.65. The van der Waals surface area contributed by atoms with Crippen molar-refractivity contribution in [2.24, 2.45) is 7.05 Å². The molecular weight excluding hydrogens is 262 g/mol. The van der Waals surface area contributed by atoms with Crippen LogP contribution in [-0.4, -0.2) is 35.6 Å². The molecule has 110 valence electrons. The van der Waals surface area contributed by atoms with Crippen LogP contribution in [0.2, 0.25) is 5.02 Å². The van der Waals surface area contributed by atoms with Crippen LogP contribution in [-0.2, 0) is 18.2 Å². The van der Waals surface area contributed by atoms with Gasteiger partial charge in [0, 0.05) is 26.6 Å². The number of likely N-dealkylation sites (N-methyl/N-ethyl adjacent to an activating group) is 1. The molecule has 2 unspecified atom stereocenters. The third-order valence-electron chi connectivity index (χ3n) is 3.47. The molecule has 4 nitrogen and oxygen atoms in total. The highest BCUT2D eigenvalue weighted by Crippen LogP contribution is 2.22. The number of aryl methyl sites for hydroxylation is 2. The van der Waals surface area contributed by atoms with Crippen LogP contribution in [0.4, 0.5) is 0 Å². The number of hydrogen-bond acceptors (Lipinski definition) is 3. The number of aromatic nitrogens is 2. The van der Waals surface area contributed by atoms with Gasteiger partial charge in [0.25, 0.3) is 0 Å². The summed E-state index contributed by atoms with van der Waals surface area (Å²) < 4.78 is 7.50. The maximum absolute atomic E-state index is 6.33. The molecular formula is C14H26ClN3O. The van der Waals surface area contributed by atoms with Crippen molar-refractivity contribution >= 4 is 11.6 Å². The van der Waals surface area contributed by atoms with Crippen LogP contribution in [0.15, 0.2) is 0 Å². The predicted molar refractivity (Wildman–Crippen MR) is 79.8 cm³/mol. The molecule has 0 radical (unpaired) electrons. The van der Waals surface area contributed by atoms with E-state index in [1.165, 1.54) is 0 Å². The minimum absolute atomic E-state index is 0.205. The topological polar surface area (TPSA) is 39.1 Å². The molecule has 1 aromatic rings. The van der Waals surface area contributed by atoms with E-state index in [1.54, 1.807) is 7.11 Å². The fourth-order valence-electron chi connectivity index (χ4n) is 2.48. The summed E-state index contributed by atoms with van der Waals surface area (Å²) in [6.45, 7) is 7.15. The number of methoxy groups -OCH3 is 1. The second kappa shape index (κ2) is 7.88. The molecule has 1 N–H and O–H groups in total. The fraction of sp³-hybridized carbons (Fsp3) is 0.786. The summed E-state index contributed by atoms with van der Waals surface area (Å²) in [6, 6.07) is 0.266. The van der Waals surface area contributed by atoms with Gasteiger partial charge in [-0.2, -0.15) is 5.10 Å². The van der Waals surface area contributed by atoms with E-state index in [-0.39, 0.29) is 12.1 Å². The molecule has 0 fully saturated rings. The molecule has 0 aliphatic carbocycles. The zero-order valence-electron chi connectivity index (χ0n) is 12.7. The van der Waals surface area contributed by atoms with Gasteiger partial charge < -0.3 is 10.1 Å². The number of nitrogens with one attached hydrogen (secondary N) is 1. The molecule has 0 aromatic carbocycles. The van der Waals surface area contributed by atoms with Crippen LogP contribution in [0, 0.1) is 6.92 Å². The van der Waals surface area contributed by atoms with E-state index in [9.17, 15) is 0 Å². The quantitative estimate of drug-likeness (QED) is 0.799. The Morgan fingerprint density at radius 2 is 2.11 bits per heavy atom. The smallest absolute Gasteiger partial charge is 0.0847 e. The van der Waals surface area contributed by atoms with Gasteiger partial charge in [0.2, 0.25) is 0 Å². The molecule has 5 heteroatoms. The average molecular weight is 288 g/mol. The molecule has 1 aromatic heterocycles. The maximum atomic E-state index is 6.33. The second-order valence-electron chi connectivity index (χ2n) is 4.90. The van der Waals surface area contributed by atoms with Gasteiger partial charge >= 0.3 is 0 Å². The number of hydrogen-bond donors (Lipinski definition) is 1. The first-order valence-electron chi connectivity index (χ1n) is 6.99. The van der Waals surface area contributed by atoms with Crippen molar-refractivity contribution in [2.75, 3.05) is 13.7 Å². The van der Waals surface area contributed by atoms with Gasteiger partial charge in [-0.15, -0.1) is 0 Å². The Kier molecular flexibility index (Phi) is 6.83. The Morgan fingerprint density at radius 3 is 2.53 bits per heavy atom. The maximum Gasteiger partial charge on any atom is 0.0847 e. The minimum atomic E-state index is 0.205. The third kappa shape index (κ3) is 4.20. The van der Waals surface area contributed by atoms with Crippen LogP contribution < -0.4 is 5.32 Å². The van der Waals surface area contributed by atoms with Gasteiger partial charge in [0.15, 0.2) is 0 Å². The summed E-state index contributed by atoms with van der Waals surface area (Å²) in [4.78, 5) is 0. The van der Waals surface area contributed by atoms with Gasteiger partial charge in [-0.25, -0.2) is 0 Å². The minimum Gasteiger partial charge on any atom is -0.380 e. The van der Waals surface area contributed by atoms with Crippen LogP contribution in [0.5, 0.6) is 0 Å². The number of rotatable bonds is 8. The molecule has 0 saturated heterocycles. The van der Waals surface area contributed by atoms with E-state index in [0.717, 1.165) is 42.2 Å². The molecule has 0 amide bonds. The molecule has 0 bridgehead atoms. The van der Waals surface area contributed by atoms with Crippen molar-refractivity contribution in [3.8, 4) is 0 Å². The van der Waals surface area contributed by atoms with E-state index >= 15 is 0 Å². The van der Waals surface area contributed by atoms with E-state index in [2.05, 4.69) is 24.3 Å². The average Bonchev–Trinajstić information content (AvgIpc) is 2.62. The van der Waals surface area contributed by atoms with Gasteiger partial charge in [0.1, 0.15) is 0 Å². The third-order valence-corrected chi connectivity index (χ3v) is 3.96. The standard InChI is InChI=1S/C14H26ClN3O/c1-6-8-13(19-5)11(16-7-2)9-12-14(15)10(3)17-18(12)4/h11,13,16H,6-9H2,1-5H3. The van der Waals surface area contributed by atoms with E-state index < -0.39 is 0 Å². The van der Waals surface area contributed by atoms with Crippen LogP contribution in [0.25, 0.3) is 0 Å². The first-order chi connectivity index (χ1) is 9.04. The molecule has 19 heavy (non-hydrogen) atoms. The van der Waals surface area contributed by atoms with Gasteiger partial charge in [-0.3, -0.25) is 4.68 Å². The lowest BCUT2D eigenvalue weighted by molar-refractivity contribution is 0.0608. The van der Waals surface area contributed by atoms with Crippen LogP contribution in [0.3, 0.4) is 0 Å². The summed E-state index contributed by atoms with van der Waals surface area (Å²) >= 11 is 6.33. The zero-order valence-corrected chi connectivity index (χ0v) is 13.4. The van der Waals surface area contributed by atoms with Crippen molar-refractivity contribution in [2.45, 2.75) is 52.2 Å². The fourth-order valence-corrected chi connectivity index (χ4v) is 2.71. The Hall–Kier alpha value is -0.580. The van der Waals surface area contributed by atoms with Crippen molar-refractivity contribution in [1.29, 1.82) is 0 Å². The van der Waals surface area contributed by atoms with Crippen molar-refractivity contribution in [3.05, 3.63) is 16.4 Å². The molecule has 1 heterocycles. The summed E-state index contributed by atoms with van der Waals surface area (Å²) in [5.41, 5.74) is 1.96. The lowest BCUT2D eigenvalue weighted by Crippen LogP contribution is -2.43.